The van der Waals surface area contributed by atoms with Gasteiger partial charge in [0.25, 0.3) is 5.91 Å². The zero-order valence-corrected chi connectivity index (χ0v) is 16.4. The SMILES string of the molecule is O=C(c1cccc2nccnc12)N1CCC(O)(c2ccccc2)[C@@H]2CCCC[C@H]21. The molecule has 2 heterocycles. The number of piperidine rings is 1. The molecule has 1 amide bonds. The van der Waals surface area contributed by atoms with Crippen LogP contribution in [0.1, 0.15) is 48.0 Å². The minimum atomic E-state index is -0.873. The number of hydrogen-bond donors (Lipinski definition) is 1. The molecule has 1 N–H and O–H groups in total. The van der Waals surface area contributed by atoms with Gasteiger partial charge in [0.15, 0.2) is 0 Å². The van der Waals surface area contributed by atoms with Gasteiger partial charge < -0.3 is 10.0 Å². The molecule has 1 aromatic heterocycles. The van der Waals surface area contributed by atoms with Gasteiger partial charge in [0, 0.05) is 30.9 Å². The average molecular weight is 387 g/mol. The van der Waals surface area contributed by atoms with Gasteiger partial charge in [0.05, 0.1) is 16.7 Å². The van der Waals surface area contributed by atoms with Gasteiger partial charge in [-0.3, -0.25) is 14.8 Å². The van der Waals surface area contributed by atoms with E-state index in [9.17, 15) is 9.90 Å². The van der Waals surface area contributed by atoms with Crippen LogP contribution in [0.3, 0.4) is 0 Å². The Kier molecular flexibility index (Phi) is 4.55. The lowest BCUT2D eigenvalue weighted by Crippen LogP contribution is -2.59. The summed E-state index contributed by atoms with van der Waals surface area (Å²) < 4.78 is 0. The summed E-state index contributed by atoms with van der Waals surface area (Å²) >= 11 is 0. The van der Waals surface area contributed by atoms with Crippen LogP contribution in [0.5, 0.6) is 0 Å². The van der Waals surface area contributed by atoms with E-state index in [0.29, 0.717) is 24.0 Å². The molecule has 3 atom stereocenters. The standard InChI is InChI=1S/C24H25N3O2/c28-23(18-9-6-11-20-22(18)26-15-14-25-20)27-16-13-24(29,17-7-2-1-3-8-17)19-10-4-5-12-21(19)27/h1-3,6-9,11,14-15,19,21,29H,4-5,10,12-13,16H2/t19-,21-,24?/m1/s1. The Labute approximate surface area is 170 Å². The van der Waals surface area contributed by atoms with E-state index in [2.05, 4.69) is 9.97 Å². The second kappa shape index (κ2) is 7.23. The summed E-state index contributed by atoms with van der Waals surface area (Å²) in [5.74, 6) is 0.0560. The average Bonchev–Trinajstić information content (AvgIpc) is 2.79. The fourth-order valence-electron chi connectivity index (χ4n) is 5.34. The van der Waals surface area contributed by atoms with Crippen LogP contribution >= 0.6 is 0 Å². The lowest BCUT2D eigenvalue weighted by Gasteiger charge is -2.52. The number of hydrogen-bond acceptors (Lipinski definition) is 4. The number of aliphatic hydroxyl groups is 1. The number of benzene rings is 2. The number of fused-ring (bicyclic) bond motifs is 2. The van der Waals surface area contributed by atoms with E-state index in [0.717, 1.165) is 36.8 Å². The smallest absolute Gasteiger partial charge is 0.256 e. The van der Waals surface area contributed by atoms with Gasteiger partial charge in [0.2, 0.25) is 0 Å². The van der Waals surface area contributed by atoms with E-state index in [4.69, 9.17) is 0 Å². The van der Waals surface area contributed by atoms with Gasteiger partial charge in [-0.2, -0.15) is 0 Å². The Morgan fingerprint density at radius 2 is 1.79 bits per heavy atom. The lowest BCUT2D eigenvalue weighted by molar-refractivity contribution is -0.110. The Balaban J connectivity index is 1.52. The maximum absolute atomic E-state index is 13.6. The molecule has 0 bridgehead atoms. The van der Waals surface area contributed by atoms with Crippen molar-refractivity contribution in [1.82, 2.24) is 14.9 Å². The highest BCUT2D eigenvalue weighted by atomic mass is 16.3. The maximum atomic E-state index is 13.6. The highest BCUT2D eigenvalue weighted by Crippen LogP contribution is 2.47. The number of aromatic nitrogens is 2. The topological polar surface area (TPSA) is 66.3 Å². The fourth-order valence-corrected chi connectivity index (χ4v) is 5.34. The minimum Gasteiger partial charge on any atom is -0.385 e. The van der Waals surface area contributed by atoms with E-state index in [-0.39, 0.29) is 17.9 Å². The van der Waals surface area contributed by atoms with Crippen molar-refractivity contribution < 1.29 is 9.90 Å². The normalized spacial score (nSPS) is 26.9. The number of carbonyl (C=O) groups excluding carboxylic acids is 1. The molecule has 1 unspecified atom stereocenters. The highest BCUT2D eigenvalue weighted by molar-refractivity contribution is 6.04. The first-order chi connectivity index (χ1) is 14.2. The third kappa shape index (κ3) is 3.01. The lowest BCUT2D eigenvalue weighted by atomic mass is 9.66. The van der Waals surface area contributed by atoms with Crippen molar-refractivity contribution in [3.05, 3.63) is 72.1 Å². The third-order valence-electron chi connectivity index (χ3n) is 6.74. The summed E-state index contributed by atoms with van der Waals surface area (Å²) in [5.41, 5.74) is 2.08. The zero-order valence-electron chi connectivity index (χ0n) is 16.4. The molecule has 2 aliphatic rings. The molecule has 1 aliphatic heterocycles. The largest absolute Gasteiger partial charge is 0.385 e. The van der Waals surface area contributed by atoms with E-state index in [1.807, 2.05) is 53.4 Å². The number of carbonyl (C=O) groups is 1. The van der Waals surface area contributed by atoms with Crippen molar-refractivity contribution in [3.63, 3.8) is 0 Å². The second-order valence-electron chi connectivity index (χ2n) is 8.23. The molecule has 1 saturated carbocycles. The Hall–Kier alpha value is -2.79. The molecular formula is C24H25N3O2. The number of amides is 1. The van der Waals surface area contributed by atoms with Gasteiger partial charge >= 0.3 is 0 Å². The molecule has 1 aliphatic carbocycles. The van der Waals surface area contributed by atoms with Gasteiger partial charge in [0.1, 0.15) is 5.52 Å². The molecule has 2 aromatic carbocycles. The molecule has 5 nitrogen and oxygen atoms in total. The maximum Gasteiger partial charge on any atom is 0.256 e. The second-order valence-corrected chi connectivity index (χ2v) is 8.23. The summed E-state index contributed by atoms with van der Waals surface area (Å²) in [7, 11) is 0. The summed E-state index contributed by atoms with van der Waals surface area (Å²) in [4.78, 5) is 24.3. The Bertz CT molecular complexity index is 1030. The van der Waals surface area contributed by atoms with Crippen LogP contribution in [-0.2, 0) is 5.60 Å². The van der Waals surface area contributed by atoms with Crippen molar-refractivity contribution in [2.24, 2.45) is 5.92 Å². The molecule has 0 radical (unpaired) electrons. The molecule has 5 rings (SSSR count). The molecule has 3 aromatic rings. The fraction of sp³-hybridized carbons (Fsp3) is 0.375. The van der Waals surface area contributed by atoms with Crippen LogP contribution in [0.25, 0.3) is 11.0 Å². The first kappa shape index (κ1) is 18.3. The van der Waals surface area contributed by atoms with Gasteiger partial charge in [-0.15, -0.1) is 0 Å². The van der Waals surface area contributed by atoms with E-state index < -0.39 is 5.60 Å². The molecular weight excluding hydrogens is 362 g/mol. The van der Waals surface area contributed by atoms with Gasteiger partial charge in [-0.25, -0.2) is 0 Å². The van der Waals surface area contributed by atoms with Crippen molar-refractivity contribution in [3.8, 4) is 0 Å². The van der Waals surface area contributed by atoms with E-state index in [1.165, 1.54) is 0 Å². The molecule has 2 fully saturated rings. The van der Waals surface area contributed by atoms with Crippen LogP contribution in [0.2, 0.25) is 0 Å². The summed E-state index contributed by atoms with van der Waals surface area (Å²) in [6.07, 6.45) is 7.89. The monoisotopic (exact) mass is 387 g/mol. The first-order valence-electron chi connectivity index (χ1n) is 10.5. The summed E-state index contributed by atoms with van der Waals surface area (Å²) in [6, 6.07) is 15.6. The van der Waals surface area contributed by atoms with Crippen molar-refractivity contribution >= 4 is 16.9 Å². The van der Waals surface area contributed by atoms with Crippen molar-refractivity contribution in [1.29, 1.82) is 0 Å². The number of nitrogens with zero attached hydrogens (tertiary/aromatic N) is 3. The molecule has 1 saturated heterocycles. The van der Waals surface area contributed by atoms with E-state index in [1.54, 1.807) is 12.4 Å². The van der Waals surface area contributed by atoms with Crippen LogP contribution in [0.4, 0.5) is 0 Å². The van der Waals surface area contributed by atoms with Crippen LogP contribution in [-0.4, -0.2) is 38.5 Å². The predicted molar refractivity (Wildman–Crippen MR) is 111 cm³/mol. The van der Waals surface area contributed by atoms with Gasteiger partial charge in [-0.05, 0) is 37.0 Å². The Morgan fingerprint density at radius 1 is 1.00 bits per heavy atom. The predicted octanol–water partition coefficient (Wildman–Crippen LogP) is 3.92. The van der Waals surface area contributed by atoms with Crippen LogP contribution in [0.15, 0.2) is 60.9 Å². The van der Waals surface area contributed by atoms with Crippen LogP contribution < -0.4 is 0 Å². The minimum absolute atomic E-state index is 0.00288. The molecule has 5 heteroatoms. The van der Waals surface area contributed by atoms with Crippen molar-refractivity contribution in [2.45, 2.75) is 43.7 Å². The first-order valence-corrected chi connectivity index (χ1v) is 10.5. The quantitative estimate of drug-likeness (QED) is 0.724. The number of likely N-dealkylation sites (tertiary alicyclic amines) is 1. The summed E-state index contributed by atoms with van der Waals surface area (Å²) in [5, 5.41) is 11.7. The molecule has 148 valence electrons. The number of rotatable bonds is 2. The third-order valence-corrected chi connectivity index (χ3v) is 6.74. The van der Waals surface area contributed by atoms with Gasteiger partial charge in [-0.1, -0.05) is 49.2 Å². The Morgan fingerprint density at radius 3 is 2.66 bits per heavy atom. The number of para-hydroxylation sites is 1. The molecule has 29 heavy (non-hydrogen) atoms. The summed E-state index contributed by atoms with van der Waals surface area (Å²) in [6.45, 7) is 0.544. The molecule has 0 spiro atoms. The van der Waals surface area contributed by atoms with E-state index >= 15 is 0 Å². The zero-order chi connectivity index (χ0) is 19.8. The van der Waals surface area contributed by atoms with Crippen LogP contribution in [0, 0.1) is 5.92 Å². The highest BCUT2D eigenvalue weighted by Gasteiger charge is 2.50. The van der Waals surface area contributed by atoms with Crippen molar-refractivity contribution in [2.75, 3.05) is 6.54 Å².